The minimum atomic E-state index is -4.81. The summed E-state index contributed by atoms with van der Waals surface area (Å²) in [5, 5.41) is 2.12. The number of alkyl halides is 3. The van der Waals surface area contributed by atoms with Gasteiger partial charge in [-0.25, -0.2) is 16.8 Å². The first-order chi connectivity index (χ1) is 20.1. The fraction of sp³-hybridized carbons (Fsp3) is 0.138. The smallest absolute Gasteiger partial charge is 0.325 e. The van der Waals surface area contributed by atoms with Gasteiger partial charge in [-0.05, 0) is 80.1 Å². The molecule has 0 fully saturated rings. The molecule has 0 radical (unpaired) electrons. The van der Waals surface area contributed by atoms with Crippen molar-refractivity contribution in [2.75, 3.05) is 20.9 Å². The van der Waals surface area contributed by atoms with E-state index in [1.54, 1.807) is 25.1 Å². The Balaban J connectivity index is 1.60. The lowest BCUT2D eigenvalue weighted by atomic mass is 10.1. The number of anilines is 3. The highest BCUT2D eigenvalue weighted by Gasteiger charge is 2.34. The van der Waals surface area contributed by atoms with E-state index < -0.39 is 49.9 Å². The van der Waals surface area contributed by atoms with Crippen LogP contribution in [-0.2, 0) is 31.0 Å². The first-order valence-electron chi connectivity index (χ1n) is 12.5. The molecule has 0 saturated carbocycles. The normalized spacial score (nSPS) is 12.0. The lowest BCUT2D eigenvalue weighted by Gasteiger charge is -2.26. The number of carbonyl (C=O) groups is 1. The van der Waals surface area contributed by atoms with E-state index in [-0.39, 0.29) is 20.5 Å². The topological polar surface area (TPSA) is 113 Å². The van der Waals surface area contributed by atoms with Gasteiger partial charge in [0, 0.05) is 5.69 Å². The molecule has 4 aromatic rings. The molecule has 43 heavy (non-hydrogen) atoms. The minimum Gasteiger partial charge on any atom is -0.325 e. The molecule has 2 N–H and O–H groups in total. The van der Waals surface area contributed by atoms with Crippen LogP contribution in [0, 0.1) is 13.8 Å². The zero-order valence-electron chi connectivity index (χ0n) is 22.7. The first kappa shape index (κ1) is 31.9. The van der Waals surface area contributed by atoms with Crippen molar-refractivity contribution in [3.8, 4) is 0 Å². The molecule has 0 aliphatic heterocycles. The van der Waals surface area contributed by atoms with Gasteiger partial charge in [0.2, 0.25) is 5.91 Å². The molecule has 0 heterocycles. The van der Waals surface area contributed by atoms with E-state index in [2.05, 4.69) is 10.0 Å². The Morgan fingerprint density at radius 1 is 0.837 bits per heavy atom. The third kappa shape index (κ3) is 7.48. The maximum Gasteiger partial charge on any atom is 0.416 e. The third-order valence-corrected chi connectivity index (χ3v) is 9.71. The van der Waals surface area contributed by atoms with Gasteiger partial charge >= 0.3 is 6.18 Å². The molecule has 4 rings (SSSR count). The zero-order chi connectivity index (χ0) is 31.6. The lowest BCUT2D eigenvalue weighted by molar-refractivity contribution is -0.137. The molecule has 0 saturated heterocycles. The van der Waals surface area contributed by atoms with Gasteiger partial charge in [-0.3, -0.25) is 13.8 Å². The summed E-state index contributed by atoms with van der Waals surface area (Å²) in [5.74, 6) is -0.919. The predicted molar refractivity (Wildman–Crippen MR) is 159 cm³/mol. The number of amides is 1. The van der Waals surface area contributed by atoms with Gasteiger partial charge in [-0.1, -0.05) is 47.5 Å². The summed E-state index contributed by atoms with van der Waals surface area (Å²) < 4.78 is 96.2. The van der Waals surface area contributed by atoms with Crippen LogP contribution in [0.15, 0.2) is 101 Å². The molecule has 0 atom stereocenters. The van der Waals surface area contributed by atoms with Gasteiger partial charge in [0.15, 0.2) is 0 Å². The predicted octanol–water partition coefficient (Wildman–Crippen LogP) is 6.61. The number of hydrogen-bond acceptors (Lipinski definition) is 5. The molecule has 4 aromatic carbocycles. The van der Waals surface area contributed by atoms with E-state index in [0.717, 1.165) is 17.2 Å². The highest BCUT2D eigenvalue weighted by atomic mass is 35.5. The molecule has 0 aliphatic rings. The summed E-state index contributed by atoms with van der Waals surface area (Å²) in [5.41, 5.74) is 0.495. The van der Waals surface area contributed by atoms with Crippen LogP contribution < -0.4 is 14.3 Å². The van der Waals surface area contributed by atoms with Crippen molar-refractivity contribution < 1.29 is 34.8 Å². The summed E-state index contributed by atoms with van der Waals surface area (Å²) in [6.07, 6.45) is -4.81. The minimum absolute atomic E-state index is 0.102. The van der Waals surface area contributed by atoms with Gasteiger partial charge in [-0.15, -0.1) is 0 Å². The van der Waals surface area contributed by atoms with Crippen molar-refractivity contribution in [2.24, 2.45) is 0 Å². The van der Waals surface area contributed by atoms with Crippen LogP contribution in [0.5, 0.6) is 0 Å². The number of halogens is 4. The highest BCUT2D eigenvalue weighted by molar-refractivity contribution is 7.93. The standard InChI is InChI=1S/C29H25ClF3N3O5S2/c1-19-8-15-26(20(2)16-19)35-42(38,39)23-12-10-22(11-13-23)34-28(37)18-36(43(40,41)24-6-4-3-5-7-24)27-17-21(29(31,32)33)9-14-25(27)30/h3-17,35H,18H2,1-2H3,(H,34,37). The number of carbonyl (C=O) groups excluding carboxylic acids is 1. The molecular formula is C29H25ClF3N3O5S2. The number of nitrogens with one attached hydrogen (secondary N) is 2. The number of nitrogens with zero attached hydrogens (tertiary/aromatic N) is 1. The lowest BCUT2D eigenvalue weighted by Crippen LogP contribution is -2.38. The van der Waals surface area contributed by atoms with E-state index in [9.17, 15) is 34.8 Å². The number of sulfonamides is 2. The molecule has 0 bridgehead atoms. The van der Waals surface area contributed by atoms with Gasteiger partial charge in [0.1, 0.15) is 6.54 Å². The Kier molecular flexibility index (Phi) is 9.09. The average Bonchev–Trinajstić information content (AvgIpc) is 2.94. The van der Waals surface area contributed by atoms with E-state index in [1.807, 2.05) is 13.0 Å². The molecular weight excluding hydrogens is 627 g/mol. The van der Waals surface area contributed by atoms with Crippen LogP contribution in [0.3, 0.4) is 0 Å². The number of benzene rings is 4. The van der Waals surface area contributed by atoms with Crippen molar-refractivity contribution in [3.05, 3.63) is 113 Å². The Bertz CT molecular complexity index is 1870. The molecule has 0 aromatic heterocycles. The molecule has 226 valence electrons. The quantitative estimate of drug-likeness (QED) is 0.212. The number of aryl methyl sites for hydroxylation is 2. The molecule has 14 heteroatoms. The summed E-state index contributed by atoms with van der Waals surface area (Å²) >= 11 is 6.15. The fourth-order valence-electron chi connectivity index (χ4n) is 4.08. The van der Waals surface area contributed by atoms with E-state index in [0.29, 0.717) is 22.1 Å². The second kappa shape index (κ2) is 12.3. The Morgan fingerprint density at radius 2 is 1.49 bits per heavy atom. The van der Waals surface area contributed by atoms with Crippen molar-refractivity contribution in [2.45, 2.75) is 29.8 Å². The van der Waals surface area contributed by atoms with Gasteiger partial charge in [0.25, 0.3) is 20.0 Å². The van der Waals surface area contributed by atoms with Crippen LogP contribution in [-0.4, -0.2) is 29.3 Å². The maximum atomic E-state index is 13.5. The van der Waals surface area contributed by atoms with Crippen molar-refractivity contribution in [3.63, 3.8) is 0 Å². The fourth-order valence-corrected chi connectivity index (χ4v) is 6.93. The van der Waals surface area contributed by atoms with E-state index in [4.69, 9.17) is 11.6 Å². The van der Waals surface area contributed by atoms with E-state index >= 15 is 0 Å². The van der Waals surface area contributed by atoms with Crippen LogP contribution in [0.25, 0.3) is 0 Å². The van der Waals surface area contributed by atoms with Crippen LogP contribution in [0.1, 0.15) is 16.7 Å². The van der Waals surface area contributed by atoms with Crippen molar-refractivity contribution >= 4 is 54.6 Å². The monoisotopic (exact) mass is 651 g/mol. The summed E-state index contributed by atoms with van der Waals surface area (Å²) in [6, 6.07) is 19.3. The highest BCUT2D eigenvalue weighted by Crippen LogP contribution is 2.37. The average molecular weight is 652 g/mol. The summed E-state index contributed by atoms with van der Waals surface area (Å²) in [7, 11) is -8.53. The van der Waals surface area contributed by atoms with Gasteiger partial charge in [-0.2, -0.15) is 13.2 Å². The SMILES string of the molecule is Cc1ccc(NS(=O)(=O)c2ccc(NC(=O)CN(c3cc(C(F)(F)F)ccc3Cl)S(=O)(=O)c3ccccc3)cc2)c(C)c1. The molecule has 0 unspecified atom stereocenters. The maximum absolute atomic E-state index is 13.5. The molecule has 1 amide bonds. The van der Waals surface area contributed by atoms with Gasteiger partial charge < -0.3 is 5.32 Å². The Labute approximate surface area is 252 Å². The summed E-state index contributed by atoms with van der Waals surface area (Å²) in [4.78, 5) is 12.7. The Hall–Kier alpha value is -4.07. The Morgan fingerprint density at radius 3 is 2.09 bits per heavy atom. The largest absolute Gasteiger partial charge is 0.416 e. The second-order valence-electron chi connectivity index (χ2n) is 9.49. The zero-order valence-corrected chi connectivity index (χ0v) is 25.1. The molecule has 8 nitrogen and oxygen atoms in total. The van der Waals surface area contributed by atoms with Crippen LogP contribution in [0.4, 0.5) is 30.2 Å². The van der Waals surface area contributed by atoms with Crippen molar-refractivity contribution in [1.29, 1.82) is 0 Å². The first-order valence-corrected chi connectivity index (χ1v) is 15.8. The van der Waals surface area contributed by atoms with Crippen LogP contribution >= 0.6 is 11.6 Å². The number of rotatable bonds is 9. The molecule has 0 spiro atoms. The van der Waals surface area contributed by atoms with Crippen molar-refractivity contribution in [1.82, 2.24) is 0 Å². The van der Waals surface area contributed by atoms with Crippen LogP contribution in [0.2, 0.25) is 5.02 Å². The van der Waals surface area contributed by atoms with E-state index in [1.165, 1.54) is 48.5 Å². The number of hydrogen-bond donors (Lipinski definition) is 2. The third-order valence-electron chi connectivity index (χ3n) is 6.24. The molecule has 0 aliphatic carbocycles. The van der Waals surface area contributed by atoms with Gasteiger partial charge in [0.05, 0.1) is 31.8 Å². The summed E-state index contributed by atoms with van der Waals surface area (Å²) in [6.45, 7) is 2.70. The second-order valence-corrected chi connectivity index (χ2v) is 13.4.